The van der Waals surface area contributed by atoms with Gasteiger partial charge in [0, 0.05) is 24.8 Å². The summed E-state index contributed by atoms with van der Waals surface area (Å²) in [6.45, 7) is 5.66. The second-order valence-corrected chi connectivity index (χ2v) is 6.86. The molecule has 1 saturated heterocycles. The fourth-order valence-corrected chi connectivity index (χ4v) is 3.28. The van der Waals surface area contributed by atoms with E-state index in [9.17, 15) is 4.79 Å². The maximum Gasteiger partial charge on any atom is 0.252 e. The number of nitrogens with one attached hydrogen (secondary N) is 3. The average molecular weight is 349 g/mol. The minimum absolute atomic E-state index is 0.0873. The van der Waals surface area contributed by atoms with Gasteiger partial charge < -0.3 is 20.4 Å². The van der Waals surface area contributed by atoms with Crippen molar-refractivity contribution in [1.82, 2.24) is 15.6 Å². The molecular formula is C21H23N3O2. The van der Waals surface area contributed by atoms with Crippen LogP contribution < -0.4 is 15.4 Å². The Labute approximate surface area is 152 Å². The third-order valence-corrected chi connectivity index (χ3v) is 4.93. The molecule has 3 N–H and O–H groups in total. The summed E-state index contributed by atoms with van der Waals surface area (Å²) in [5.41, 5.74) is 3.73. The topological polar surface area (TPSA) is 66.2 Å². The molecule has 4 rings (SSSR count). The molecule has 2 heterocycles. The molecule has 0 spiro atoms. The molecule has 26 heavy (non-hydrogen) atoms. The predicted molar refractivity (Wildman–Crippen MR) is 103 cm³/mol. The van der Waals surface area contributed by atoms with Gasteiger partial charge in [-0.15, -0.1) is 0 Å². The molecule has 134 valence electrons. The minimum Gasteiger partial charge on any atom is -0.488 e. The zero-order chi connectivity index (χ0) is 18.1. The summed E-state index contributed by atoms with van der Waals surface area (Å²) in [5.74, 6) is 0.655. The van der Waals surface area contributed by atoms with Crippen molar-refractivity contribution in [2.45, 2.75) is 26.0 Å². The van der Waals surface area contributed by atoms with Crippen molar-refractivity contribution >= 4 is 16.8 Å². The molecule has 0 bridgehead atoms. The molecule has 0 saturated carbocycles. The smallest absolute Gasteiger partial charge is 0.252 e. The van der Waals surface area contributed by atoms with Gasteiger partial charge in [0.15, 0.2) is 0 Å². The van der Waals surface area contributed by atoms with Gasteiger partial charge in [-0.25, -0.2) is 0 Å². The monoisotopic (exact) mass is 349 g/mol. The first-order valence-electron chi connectivity index (χ1n) is 8.96. The van der Waals surface area contributed by atoms with Crippen molar-refractivity contribution in [3.8, 4) is 5.75 Å². The molecule has 1 aliphatic rings. The third-order valence-electron chi connectivity index (χ3n) is 4.93. The van der Waals surface area contributed by atoms with Gasteiger partial charge in [-0.1, -0.05) is 24.3 Å². The van der Waals surface area contributed by atoms with E-state index in [2.05, 4.69) is 21.7 Å². The van der Waals surface area contributed by atoms with E-state index in [-0.39, 0.29) is 18.1 Å². The molecule has 1 aromatic heterocycles. The number of fused-ring (bicyclic) bond motifs is 1. The summed E-state index contributed by atoms with van der Waals surface area (Å²) in [7, 11) is 0. The van der Waals surface area contributed by atoms with Crippen LogP contribution in [-0.2, 0) is 0 Å². The summed E-state index contributed by atoms with van der Waals surface area (Å²) in [5, 5.41) is 7.44. The highest BCUT2D eigenvalue weighted by Gasteiger charge is 2.20. The number of ether oxygens (including phenoxy) is 1. The number of H-pyrrole nitrogens is 1. The first-order chi connectivity index (χ1) is 12.6. The van der Waals surface area contributed by atoms with Crippen molar-refractivity contribution in [2.75, 3.05) is 13.1 Å². The van der Waals surface area contributed by atoms with Crippen LogP contribution in [0.5, 0.6) is 5.75 Å². The van der Waals surface area contributed by atoms with Gasteiger partial charge in [0.05, 0.1) is 11.6 Å². The van der Waals surface area contributed by atoms with E-state index in [0.29, 0.717) is 5.56 Å². The molecule has 5 nitrogen and oxygen atoms in total. The summed E-state index contributed by atoms with van der Waals surface area (Å²) in [4.78, 5) is 16.1. The number of aryl methyl sites for hydroxylation is 1. The number of amides is 1. The number of aromatic nitrogens is 1. The number of carbonyl (C=O) groups is 1. The van der Waals surface area contributed by atoms with E-state index in [1.165, 1.54) is 0 Å². The van der Waals surface area contributed by atoms with E-state index < -0.39 is 0 Å². The standard InChI is InChI=1S/C21H23N3O2/c1-13-6-7-16(26-17-11-22-12-17)10-19(13)21(25)24-14(2)18-5-3-4-15-8-9-23-20(15)18/h3-10,14,17,22-23H,11-12H2,1-2H3,(H,24,25)/t14-/m1/s1. The van der Waals surface area contributed by atoms with E-state index in [1.807, 2.05) is 56.4 Å². The normalized spacial score (nSPS) is 15.5. The SMILES string of the molecule is Cc1ccc(OC2CNC2)cc1C(=O)N[C@H](C)c1cccc2cc[nH]c12. The van der Waals surface area contributed by atoms with Crippen molar-refractivity contribution < 1.29 is 9.53 Å². The number of rotatable bonds is 5. The fourth-order valence-electron chi connectivity index (χ4n) is 3.28. The lowest BCUT2D eigenvalue weighted by Gasteiger charge is -2.28. The van der Waals surface area contributed by atoms with Gasteiger partial charge in [0.2, 0.25) is 0 Å². The fraction of sp³-hybridized carbons (Fsp3) is 0.286. The molecule has 0 unspecified atom stereocenters. The molecule has 0 radical (unpaired) electrons. The van der Waals surface area contributed by atoms with Gasteiger partial charge in [-0.3, -0.25) is 4.79 Å². The first kappa shape index (κ1) is 16.7. The number of hydrogen-bond acceptors (Lipinski definition) is 3. The Morgan fingerprint density at radius 3 is 2.85 bits per heavy atom. The van der Waals surface area contributed by atoms with Crippen LogP contribution in [0.3, 0.4) is 0 Å². The van der Waals surface area contributed by atoms with Crippen LogP contribution in [0.2, 0.25) is 0 Å². The summed E-state index contributed by atoms with van der Waals surface area (Å²) < 4.78 is 5.89. The van der Waals surface area contributed by atoms with E-state index in [1.54, 1.807) is 0 Å². The molecule has 1 aliphatic heterocycles. The van der Waals surface area contributed by atoms with Crippen LogP contribution in [0.25, 0.3) is 10.9 Å². The second kappa shape index (κ2) is 6.84. The van der Waals surface area contributed by atoms with Crippen molar-refractivity contribution in [1.29, 1.82) is 0 Å². The highest BCUT2D eigenvalue weighted by atomic mass is 16.5. The molecule has 1 amide bonds. The lowest BCUT2D eigenvalue weighted by Crippen LogP contribution is -2.50. The van der Waals surface area contributed by atoms with Gasteiger partial charge >= 0.3 is 0 Å². The largest absolute Gasteiger partial charge is 0.488 e. The van der Waals surface area contributed by atoms with E-state index >= 15 is 0 Å². The van der Waals surface area contributed by atoms with Crippen LogP contribution in [0.1, 0.15) is 34.5 Å². The van der Waals surface area contributed by atoms with E-state index in [4.69, 9.17) is 4.74 Å². The zero-order valence-electron chi connectivity index (χ0n) is 15.0. The lowest BCUT2D eigenvalue weighted by atomic mass is 10.0. The minimum atomic E-state index is -0.107. The van der Waals surface area contributed by atoms with Crippen LogP contribution >= 0.6 is 0 Å². The number of carbonyl (C=O) groups excluding carboxylic acids is 1. The van der Waals surface area contributed by atoms with Crippen molar-refractivity contribution in [3.63, 3.8) is 0 Å². The Morgan fingerprint density at radius 2 is 2.08 bits per heavy atom. The Balaban J connectivity index is 1.53. The van der Waals surface area contributed by atoms with Gasteiger partial charge in [-0.2, -0.15) is 0 Å². The Morgan fingerprint density at radius 1 is 1.23 bits per heavy atom. The third kappa shape index (κ3) is 3.18. The Bertz CT molecular complexity index is 943. The Kier molecular flexibility index (Phi) is 4.39. The highest BCUT2D eigenvalue weighted by Crippen LogP contribution is 2.24. The number of benzene rings is 2. The second-order valence-electron chi connectivity index (χ2n) is 6.86. The average Bonchev–Trinajstić information content (AvgIpc) is 3.07. The van der Waals surface area contributed by atoms with Crippen molar-refractivity contribution in [3.05, 3.63) is 65.4 Å². The molecule has 2 aromatic carbocycles. The number of para-hydroxylation sites is 1. The molecule has 3 aromatic rings. The maximum absolute atomic E-state index is 12.9. The molecule has 1 atom stereocenters. The van der Waals surface area contributed by atoms with Gasteiger partial charge in [-0.05, 0) is 48.6 Å². The van der Waals surface area contributed by atoms with Gasteiger partial charge in [0.1, 0.15) is 11.9 Å². The summed E-state index contributed by atoms with van der Waals surface area (Å²) in [6.07, 6.45) is 2.11. The van der Waals surface area contributed by atoms with Crippen LogP contribution in [0.15, 0.2) is 48.7 Å². The van der Waals surface area contributed by atoms with Crippen LogP contribution in [-0.4, -0.2) is 30.1 Å². The Hall–Kier alpha value is -2.79. The highest BCUT2D eigenvalue weighted by molar-refractivity contribution is 5.96. The molecule has 5 heteroatoms. The molecule has 1 fully saturated rings. The van der Waals surface area contributed by atoms with Crippen LogP contribution in [0.4, 0.5) is 0 Å². The summed E-state index contributed by atoms with van der Waals surface area (Å²) in [6, 6.07) is 13.7. The lowest BCUT2D eigenvalue weighted by molar-refractivity contribution is 0.0937. The number of aromatic amines is 1. The quantitative estimate of drug-likeness (QED) is 0.662. The van der Waals surface area contributed by atoms with Crippen LogP contribution in [0, 0.1) is 6.92 Å². The zero-order valence-corrected chi connectivity index (χ0v) is 15.0. The first-order valence-corrected chi connectivity index (χ1v) is 8.96. The van der Waals surface area contributed by atoms with Gasteiger partial charge in [0.25, 0.3) is 5.91 Å². The summed E-state index contributed by atoms with van der Waals surface area (Å²) >= 11 is 0. The molecule has 0 aliphatic carbocycles. The number of hydrogen-bond donors (Lipinski definition) is 3. The van der Waals surface area contributed by atoms with Crippen molar-refractivity contribution in [2.24, 2.45) is 0 Å². The predicted octanol–water partition coefficient (Wildman–Crippen LogP) is 3.32. The van der Waals surface area contributed by atoms with E-state index in [0.717, 1.165) is 40.9 Å². The maximum atomic E-state index is 12.9. The molecular weight excluding hydrogens is 326 g/mol.